The Kier molecular flexibility index (Phi) is 1.96. The van der Waals surface area contributed by atoms with Crippen LogP contribution >= 0.6 is 11.7 Å². The highest BCUT2D eigenvalue weighted by atomic mass is 32.1. The SMILES string of the molecule is CNc1nsnc1C(C)=O. The quantitative estimate of drug-likeness (QED) is 0.644. The summed E-state index contributed by atoms with van der Waals surface area (Å²) in [6, 6.07) is 0. The van der Waals surface area contributed by atoms with Crippen LogP contribution in [0.25, 0.3) is 0 Å². The molecule has 1 N–H and O–H groups in total. The molecule has 10 heavy (non-hydrogen) atoms. The number of anilines is 1. The number of nitrogens with zero attached hydrogens (tertiary/aromatic N) is 2. The van der Waals surface area contributed by atoms with E-state index in [0.717, 1.165) is 11.7 Å². The summed E-state index contributed by atoms with van der Waals surface area (Å²) in [6.07, 6.45) is 0. The first-order valence-corrected chi connectivity index (χ1v) is 3.50. The molecule has 0 atom stereocenters. The highest BCUT2D eigenvalue weighted by Gasteiger charge is 2.09. The maximum atomic E-state index is 10.8. The summed E-state index contributed by atoms with van der Waals surface area (Å²) in [4.78, 5) is 10.8. The molecular formula is C5H7N3OS. The molecule has 0 fully saturated rings. The topological polar surface area (TPSA) is 54.9 Å². The first-order valence-electron chi connectivity index (χ1n) is 2.77. The van der Waals surface area contributed by atoms with Crippen molar-refractivity contribution >= 4 is 23.3 Å². The van der Waals surface area contributed by atoms with Gasteiger partial charge in [0.05, 0.1) is 11.7 Å². The van der Waals surface area contributed by atoms with Gasteiger partial charge in [-0.3, -0.25) is 4.79 Å². The summed E-state index contributed by atoms with van der Waals surface area (Å²) in [5.74, 6) is 0.510. The minimum absolute atomic E-state index is 0.0573. The van der Waals surface area contributed by atoms with Crippen LogP contribution in [0.15, 0.2) is 0 Å². The van der Waals surface area contributed by atoms with E-state index in [1.54, 1.807) is 7.05 Å². The molecule has 0 saturated heterocycles. The molecule has 0 amide bonds. The molecule has 0 aromatic carbocycles. The number of Topliss-reactive ketones (excluding diaryl/α,β-unsaturated/α-hetero) is 1. The van der Waals surface area contributed by atoms with Crippen molar-refractivity contribution in [2.24, 2.45) is 0 Å². The molecule has 1 heterocycles. The first-order chi connectivity index (χ1) is 4.75. The third kappa shape index (κ3) is 1.13. The zero-order valence-corrected chi connectivity index (χ0v) is 6.53. The molecular weight excluding hydrogens is 150 g/mol. The number of ketones is 1. The molecule has 1 aromatic rings. The summed E-state index contributed by atoms with van der Waals surface area (Å²) in [6.45, 7) is 1.47. The van der Waals surface area contributed by atoms with Crippen LogP contribution < -0.4 is 5.32 Å². The monoisotopic (exact) mass is 157 g/mol. The zero-order valence-electron chi connectivity index (χ0n) is 5.71. The number of hydrogen-bond donors (Lipinski definition) is 1. The lowest BCUT2D eigenvalue weighted by atomic mass is 10.3. The number of nitrogens with one attached hydrogen (secondary N) is 1. The summed E-state index contributed by atoms with van der Waals surface area (Å²) >= 11 is 1.04. The predicted molar refractivity (Wildman–Crippen MR) is 39.5 cm³/mol. The molecule has 0 aliphatic heterocycles. The molecule has 1 rings (SSSR count). The van der Waals surface area contributed by atoms with Gasteiger partial charge < -0.3 is 5.32 Å². The van der Waals surface area contributed by atoms with Crippen molar-refractivity contribution in [3.63, 3.8) is 0 Å². The summed E-state index contributed by atoms with van der Waals surface area (Å²) < 4.78 is 7.66. The lowest BCUT2D eigenvalue weighted by Crippen LogP contribution is -1.98. The molecule has 0 spiro atoms. The standard InChI is InChI=1S/C5H7N3OS/c1-3(9)4-5(6-2)8-10-7-4/h1-2H3,(H,6,8). The van der Waals surface area contributed by atoms with Gasteiger partial charge in [0.1, 0.15) is 0 Å². The maximum absolute atomic E-state index is 10.8. The molecule has 0 bridgehead atoms. The van der Waals surface area contributed by atoms with Crippen LogP contribution in [-0.2, 0) is 0 Å². The van der Waals surface area contributed by atoms with Gasteiger partial charge in [-0.05, 0) is 0 Å². The van der Waals surface area contributed by atoms with Gasteiger partial charge >= 0.3 is 0 Å². The van der Waals surface area contributed by atoms with Crippen molar-refractivity contribution in [3.05, 3.63) is 5.69 Å². The van der Waals surface area contributed by atoms with Crippen LogP contribution in [0.5, 0.6) is 0 Å². The van der Waals surface area contributed by atoms with Crippen LogP contribution in [0.2, 0.25) is 0 Å². The fraction of sp³-hybridized carbons (Fsp3) is 0.400. The Balaban J connectivity index is 3.01. The van der Waals surface area contributed by atoms with Crippen LogP contribution in [-0.4, -0.2) is 21.6 Å². The van der Waals surface area contributed by atoms with Gasteiger partial charge in [-0.15, -0.1) is 0 Å². The number of carbonyl (C=O) groups is 1. The van der Waals surface area contributed by atoms with Gasteiger partial charge in [0, 0.05) is 14.0 Å². The molecule has 5 heteroatoms. The second-order valence-corrected chi connectivity index (χ2v) is 2.30. The Morgan fingerprint density at radius 2 is 2.30 bits per heavy atom. The van der Waals surface area contributed by atoms with Crippen molar-refractivity contribution < 1.29 is 4.79 Å². The Labute approximate surface area is 62.6 Å². The summed E-state index contributed by atoms with van der Waals surface area (Å²) in [5, 5.41) is 2.77. The predicted octanol–water partition coefficient (Wildman–Crippen LogP) is 0.782. The van der Waals surface area contributed by atoms with Gasteiger partial charge in [-0.1, -0.05) is 0 Å². The lowest BCUT2D eigenvalue weighted by molar-refractivity contribution is 0.101. The fourth-order valence-corrected chi connectivity index (χ4v) is 1.18. The largest absolute Gasteiger partial charge is 0.370 e. The van der Waals surface area contributed by atoms with Gasteiger partial charge in [0.2, 0.25) is 0 Å². The number of hydrogen-bond acceptors (Lipinski definition) is 5. The van der Waals surface area contributed by atoms with Crippen molar-refractivity contribution in [1.82, 2.24) is 8.75 Å². The normalized spacial score (nSPS) is 9.40. The molecule has 4 nitrogen and oxygen atoms in total. The number of carbonyl (C=O) groups excluding carboxylic acids is 1. The summed E-state index contributed by atoms with van der Waals surface area (Å²) in [7, 11) is 1.71. The van der Waals surface area contributed by atoms with E-state index in [1.165, 1.54) is 6.92 Å². The number of aromatic nitrogens is 2. The molecule has 0 radical (unpaired) electrons. The second-order valence-electron chi connectivity index (χ2n) is 1.77. The van der Waals surface area contributed by atoms with E-state index in [1.807, 2.05) is 0 Å². The van der Waals surface area contributed by atoms with E-state index in [9.17, 15) is 4.79 Å². The van der Waals surface area contributed by atoms with E-state index in [0.29, 0.717) is 11.5 Å². The van der Waals surface area contributed by atoms with Crippen molar-refractivity contribution in [3.8, 4) is 0 Å². The van der Waals surface area contributed by atoms with Gasteiger partial charge in [-0.25, -0.2) is 0 Å². The van der Waals surface area contributed by atoms with E-state index in [-0.39, 0.29) is 5.78 Å². The lowest BCUT2D eigenvalue weighted by Gasteiger charge is -1.92. The maximum Gasteiger partial charge on any atom is 0.183 e. The average molecular weight is 157 g/mol. The van der Waals surface area contributed by atoms with Crippen molar-refractivity contribution in [2.75, 3.05) is 12.4 Å². The minimum atomic E-state index is -0.0573. The molecule has 0 unspecified atom stereocenters. The Morgan fingerprint density at radius 3 is 2.70 bits per heavy atom. The first kappa shape index (κ1) is 7.14. The third-order valence-electron chi connectivity index (χ3n) is 1.06. The van der Waals surface area contributed by atoms with Gasteiger partial charge in [0.15, 0.2) is 17.3 Å². The zero-order chi connectivity index (χ0) is 7.56. The molecule has 0 aliphatic carbocycles. The van der Waals surface area contributed by atoms with Crippen LogP contribution in [0.4, 0.5) is 5.82 Å². The van der Waals surface area contributed by atoms with E-state index < -0.39 is 0 Å². The highest BCUT2D eigenvalue weighted by molar-refractivity contribution is 6.99. The molecule has 1 aromatic heterocycles. The van der Waals surface area contributed by atoms with E-state index >= 15 is 0 Å². The van der Waals surface area contributed by atoms with Crippen LogP contribution in [0, 0.1) is 0 Å². The average Bonchev–Trinajstić information content (AvgIpc) is 2.33. The van der Waals surface area contributed by atoms with Crippen LogP contribution in [0.3, 0.4) is 0 Å². The Hall–Kier alpha value is -0.970. The van der Waals surface area contributed by atoms with Crippen LogP contribution in [0.1, 0.15) is 17.4 Å². The summed E-state index contributed by atoms with van der Waals surface area (Å²) in [5.41, 5.74) is 0.424. The Bertz CT molecular complexity index is 245. The molecule has 0 aliphatic rings. The minimum Gasteiger partial charge on any atom is -0.370 e. The van der Waals surface area contributed by atoms with E-state index in [4.69, 9.17) is 0 Å². The second kappa shape index (κ2) is 2.74. The van der Waals surface area contributed by atoms with Crippen molar-refractivity contribution in [1.29, 1.82) is 0 Å². The number of rotatable bonds is 2. The third-order valence-corrected chi connectivity index (χ3v) is 1.59. The Morgan fingerprint density at radius 1 is 1.60 bits per heavy atom. The van der Waals surface area contributed by atoms with Crippen molar-refractivity contribution in [2.45, 2.75) is 6.92 Å². The molecule has 0 saturated carbocycles. The van der Waals surface area contributed by atoms with Gasteiger partial charge in [-0.2, -0.15) is 8.75 Å². The molecule has 54 valence electrons. The van der Waals surface area contributed by atoms with E-state index in [2.05, 4.69) is 14.1 Å². The van der Waals surface area contributed by atoms with Gasteiger partial charge in [0.25, 0.3) is 0 Å². The highest BCUT2D eigenvalue weighted by Crippen LogP contribution is 2.10. The fourth-order valence-electron chi connectivity index (χ4n) is 0.584. The smallest absolute Gasteiger partial charge is 0.183 e.